The Balaban J connectivity index is 1.75. The van der Waals surface area contributed by atoms with Crippen molar-refractivity contribution in [2.24, 2.45) is 35.5 Å². The minimum atomic E-state index is 1.03. The molecule has 6 atom stereocenters. The van der Waals surface area contributed by atoms with E-state index in [2.05, 4.69) is 13.8 Å². The number of fused-ring (bicyclic) bond motifs is 2. The summed E-state index contributed by atoms with van der Waals surface area (Å²) in [6.45, 7) is 5.07. The minimum absolute atomic E-state index is 1.03. The molecule has 3 aliphatic carbocycles. The average Bonchev–Trinajstić information content (AvgIpc) is 2.32. The van der Waals surface area contributed by atoms with E-state index in [0.717, 1.165) is 35.5 Å². The Morgan fingerprint density at radius 1 is 0.625 bits per heavy atom. The van der Waals surface area contributed by atoms with Crippen LogP contribution in [-0.4, -0.2) is 0 Å². The maximum Gasteiger partial charge on any atom is -0.0355 e. The van der Waals surface area contributed by atoms with Crippen molar-refractivity contribution in [3.05, 3.63) is 0 Å². The maximum atomic E-state index is 2.53. The van der Waals surface area contributed by atoms with Gasteiger partial charge in [-0.1, -0.05) is 52.4 Å². The Labute approximate surface area is 101 Å². The first-order valence-corrected chi connectivity index (χ1v) is 7.75. The monoisotopic (exact) mass is 220 g/mol. The molecule has 0 amide bonds. The van der Waals surface area contributed by atoms with Crippen molar-refractivity contribution < 1.29 is 0 Å². The molecule has 0 heteroatoms. The first-order chi connectivity index (χ1) is 7.75. The lowest BCUT2D eigenvalue weighted by molar-refractivity contribution is -0.00572. The first kappa shape index (κ1) is 11.1. The Kier molecular flexibility index (Phi) is 3.02. The summed E-state index contributed by atoms with van der Waals surface area (Å²) in [5.41, 5.74) is 0. The van der Waals surface area contributed by atoms with Crippen molar-refractivity contribution in [2.75, 3.05) is 0 Å². The van der Waals surface area contributed by atoms with Crippen LogP contribution < -0.4 is 0 Å². The van der Waals surface area contributed by atoms with Gasteiger partial charge in [-0.05, 0) is 48.3 Å². The first-order valence-electron chi connectivity index (χ1n) is 7.75. The summed E-state index contributed by atoms with van der Waals surface area (Å²) >= 11 is 0. The standard InChI is InChI=1S/C16H28/c1-11-7-8-12(2)16-10-14-6-4-3-5-13(14)9-15(11)16/h11-16H,3-10H2,1-2H3. The van der Waals surface area contributed by atoms with Crippen LogP contribution in [-0.2, 0) is 0 Å². The van der Waals surface area contributed by atoms with Gasteiger partial charge in [0.25, 0.3) is 0 Å². The van der Waals surface area contributed by atoms with Crippen molar-refractivity contribution in [1.29, 1.82) is 0 Å². The van der Waals surface area contributed by atoms with Gasteiger partial charge in [-0.3, -0.25) is 0 Å². The molecule has 0 saturated heterocycles. The zero-order chi connectivity index (χ0) is 11.1. The van der Waals surface area contributed by atoms with Gasteiger partial charge in [-0.25, -0.2) is 0 Å². The second-order valence-corrected chi connectivity index (χ2v) is 7.14. The third kappa shape index (κ3) is 1.83. The van der Waals surface area contributed by atoms with E-state index in [1.807, 2.05) is 0 Å². The molecule has 0 radical (unpaired) electrons. The zero-order valence-corrected chi connectivity index (χ0v) is 11.1. The summed E-state index contributed by atoms with van der Waals surface area (Å²) in [5.74, 6) is 6.52. The number of hydrogen-bond acceptors (Lipinski definition) is 0. The molecule has 0 bridgehead atoms. The van der Waals surface area contributed by atoms with Crippen LogP contribution in [0.25, 0.3) is 0 Å². The number of hydrogen-bond donors (Lipinski definition) is 0. The molecular formula is C16H28. The van der Waals surface area contributed by atoms with Gasteiger partial charge in [0.15, 0.2) is 0 Å². The van der Waals surface area contributed by atoms with E-state index < -0.39 is 0 Å². The van der Waals surface area contributed by atoms with Gasteiger partial charge in [0.2, 0.25) is 0 Å². The van der Waals surface area contributed by atoms with Gasteiger partial charge >= 0.3 is 0 Å². The van der Waals surface area contributed by atoms with Gasteiger partial charge in [-0.15, -0.1) is 0 Å². The van der Waals surface area contributed by atoms with Crippen LogP contribution in [0.1, 0.15) is 65.2 Å². The molecule has 92 valence electrons. The Morgan fingerprint density at radius 3 is 1.50 bits per heavy atom. The normalized spacial score (nSPS) is 52.9. The largest absolute Gasteiger partial charge is 0.0622 e. The van der Waals surface area contributed by atoms with Gasteiger partial charge in [-0.2, -0.15) is 0 Å². The fourth-order valence-corrected chi connectivity index (χ4v) is 5.22. The van der Waals surface area contributed by atoms with Gasteiger partial charge < -0.3 is 0 Å². The maximum absolute atomic E-state index is 2.53. The highest BCUT2D eigenvalue weighted by Crippen LogP contribution is 2.53. The molecule has 0 aromatic heterocycles. The quantitative estimate of drug-likeness (QED) is 0.545. The van der Waals surface area contributed by atoms with E-state index >= 15 is 0 Å². The molecule has 3 saturated carbocycles. The van der Waals surface area contributed by atoms with Crippen molar-refractivity contribution in [1.82, 2.24) is 0 Å². The summed E-state index contributed by atoms with van der Waals surface area (Å²) in [4.78, 5) is 0. The number of rotatable bonds is 0. The lowest BCUT2D eigenvalue weighted by Crippen LogP contribution is -2.41. The minimum Gasteiger partial charge on any atom is -0.0622 e. The Morgan fingerprint density at radius 2 is 1.06 bits per heavy atom. The highest BCUT2D eigenvalue weighted by atomic mass is 14.5. The molecule has 0 spiro atoms. The average molecular weight is 220 g/mol. The molecule has 3 fully saturated rings. The molecule has 3 rings (SSSR count). The lowest BCUT2D eigenvalue weighted by Gasteiger charge is -2.50. The van der Waals surface area contributed by atoms with Crippen LogP contribution in [0.2, 0.25) is 0 Å². The van der Waals surface area contributed by atoms with Crippen molar-refractivity contribution >= 4 is 0 Å². The smallest absolute Gasteiger partial charge is 0.0355 e. The summed E-state index contributed by atoms with van der Waals surface area (Å²) in [7, 11) is 0. The molecule has 16 heavy (non-hydrogen) atoms. The van der Waals surface area contributed by atoms with Crippen LogP contribution in [0, 0.1) is 35.5 Å². The summed E-state index contributed by atoms with van der Waals surface area (Å²) in [6, 6.07) is 0. The van der Waals surface area contributed by atoms with E-state index in [0.29, 0.717) is 0 Å². The van der Waals surface area contributed by atoms with Crippen molar-refractivity contribution in [3.63, 3.8) is 0 Å². The molecule has 0 aromatic carbocycles. The predicted octanol–water partition coefficient (Wildman–Crippen LogP) is 4.89. The van der Waals surface area contributed by atoms with E-state index in [-0.39, 0.29) is 0 Å². The third-order valence-corrected chi connectivity index (χ3v) is 6.31. The Bertz CT molecular complexity index is 218. The van der Waals surface area contributed by atoms with Crippen LogP contribution in [0.15, 0.2) is 0 Å². The van der Waals surface area contributed by atoms with Crippen LogP contribution in [0.3, 0.4) is 0 Å². The van der Waals surface area contributed by atoms with Gasteiger partial charge in [0.1, 0.15) is 0 Å². The molecule has 3 aliphatic rings. The summed E-state index contributed by atoms with van der Waals surface area (Å²) < 4.78 is 0. The van der Waals surface area contributed by atoms with E-state index in [4.69, 9.17) is 0 Å². The van der Waals surface area contributed by atoms with Crippen molar-refractivity contribution in [2.45, 2.75) is 65.2 Å². The third-order valence-electron chi connectivity index (χ3n) is 6.31. The molecule has 0 N–H and O–H groups in total. The predicted molar refractivity (Wildman–Crippen MR) is 69.2 cm³/mol. The van der Waals surface area contributed by atoms with Gasteiger partial charge in [0, 0.05) is 0 Å². The molecule has 0 aliphatic heterocycles. The van der Waals surface area contributed by atoms with Crippen LogP contribution in [0.5, 0.6) is 0 Å². The molecule has 0 aromatic rings. The highest BCUT2D eigenvalue weighted by Gasteiger charge is 2.43. The van der Waals surface area contributed by atoms with E-state index in [1.165, 1.54) is 25.7 Å². The molecular weight excluding hydrogens is 192 g/mol. The highest BCUT2D eigenvalue weighted by molar-refractivity contribution is 4.93. The Hall–Kier alpha value is 0. The zero-order valence-electron chi connectivity index (χ0n) is 11.1. The van der Waals surface area contributed by atoms with Crippen molar-refractivity contribution in [3.8, 4) is 0 Å². The SMILES string of the molecule is CC1CCC(C)C2CC3CCCCC3CC12. The van der Waals surface area contributed by atoms with Crippen LogP contribution in [0.4, 0.5) is 0 Å². The second kappa shape index (κ2) is 4.35. The van der Waals surface area contributed by atoms with E-state index in [9.17, 15) is 0 Å². The fraction of sp³-hybridized carbons (Fsp3) is 1.00. The summed E-state index contributed by atoms with van der Waals surface area (Å²) in [5, 5.41) is 0. The molecule has 6 unspecified atom stereocenters. The fourth-order valence-electron chi connectivity index (χ4n) is 5.22. The van der Waals surface area contributed by atoms with E-state index in [1.54, 1.807) is 25.7 Å². The van der Waals surface area contributed by atoms with Gasteiger partial charge in [0.05, 0.1) is 0 Å². The molecule has 0 heterocycles. The summed E-state index contributed by atoms with van der Waals surface area (Å²) in [6.07, 6.45) is 12.4. The second-order valence-electron chi connectivity index (χ2n) is 7.14. The molecule has 0 nitrogen and oxygen atoms in total. The van der Waals surface area contributed by atoms with Crippen LogP contribution >= 0.6 is 0 Å². The lowest BCUT2D eigenvalue weighted by atomic mass is 9.55. The topological polar surface area (TPSA) is 0 Å².